The molecular formula is C16H25NO. The third-order valence-electron chi connectivity index (χ3n) is 4.04. The standard InChI is InChI=1S/C16H25NO/c1-16(2,18)15-8-6-14(7-9-15)13-5-4-11-17(3)12-10-13/h6-9,13,18H,4-5,10-12H2,1-3H3. The number of likely N-dealkylation sites (tertiary alicyclic amines) is 1. The summed E-state index contributed by atoms with van der Waals surface area (Å²) in [5.74, 6) is 0.686. The molecule has 0 spiro atoms. The zero-order chi connectivity index (χ0) is 13.2. The summed E-state index contributed by atoms with van der Waals surface area (Å²) >= 11 is 0. The largest absolute Gasteiger partial charge is 0.386 e. The van der Waals surface area contributed by atoms with E-state index < -0.39 is 5.60 Å². The molecule has 1 aromatic carbocycles. The van der Waals surface area contributed by atoms with Gasteiger partial charge < -0.3 is 10.0 Å². The van der Waals surface area contributed by atoms with Gasteiger partial charge in [0.2, 0.25) is 0 Å². The molecule has 1 aliphatic heterocycles. The van der Waals surface area contributed by atoms with Gasteiger partial charge in [0.15, 0.2) is 0 Å². The van der Waals surface area contributed by atoms with Gasteiger partial charge in [0.1, 0.15) is 0 Å². The molecule has 0 aromatic heterocycles. The smallest absolute Gasteiger partial charge is 0.0840 e. The number of benzene rings is 1. The molecule has 1 heterocycles. The molecule has 1 saturated heterocycles. The van der Waals surface area contributed by atoms with Crippen LogP contribution in [0.3, 0.4) is 0 Å². The van der Waals surface area contributed by atoms with Crippen molar-refractivity contribution in [2.75, 3.05) is 20.1 Å². The monoisotopic (exact) mass is 247 g/mol. The number of hydrogen-bond donors (Lipinski definition) is 1. The number of aliphatic hydroxyl groups is 1. The fourth-order valence-electron chi connectivity index (χ4n) is 2.74. The van der Waals surface area contributed by atoms with Crippen molar-refractivity contribution in [3.05, 3.63) is 35.4 Å². The van der Waals surface area contributed by atoms with Crippen molar-refractivity contribution in [3.8, 4) is 0 Å². The second kappa shape index (κ2) is 5.41. The molecular weight excluding hydrogens is 222 g/mol. The van der Waals surface area contributed by atoms with Crippen LogP contribution in [0, 0.1) is 0 Å². The van der Waals surface area contributed by atoms with Gasteiger partial charge in [0.25, 0.3) is 0 Å². The summed E-state index contributed by atoms with van der Waals surface area (Å²) in [4.78, 5) is 2.42. The fraction of sp³-hybridized carbons (Fsp3) is 0.625. The Hall–Kier alpha value is -0.860. The average Bonchev–Trinajstić information content (AvgIpc) is 2.53. The summed E-state index contributed by atoms with van der Waals surface area (Å²) in [6, 6.07) is 8.54. The highest BCUT2D eigenvalue weighted by Crippen LogP contribution is 2.29. The molecule has 1 atom stereocenters. The van der Waals surface area contributed by atoms with E-state index in [0.717, 1.165) is 5.56 Å². The highest BCUT2D eigenvalue weighted by molar-refractivity contribution is 5.28. The lowest BCUT2D eigenvalue weighted by molar-refractivity contribution is 0.0786. The first-order valence-electron chi connectivity index (χ1n) is 6.98. The van der Waals surface area contributed by atoms with Crippen molar-refractivity contribution in [2.24, 2.45) is 0 Å². The van der Waals surface area contributed by atoms with E-state index in [1.165, 1.54) is 37.9 Å². The summed E-state index contributed by atoms with van der Waals surface area (Å²) in [7, 11) is 2.21. The van der Waals surface area contributed by atoms with Crippen LogP contribution in [0.15, 0.2) is 24.3 Å². The van der Waals surface area contributed by atoms with Crippen LogP contribution in [0.4, 0.5) is 0 Å². The molecule has 0 radical (unpaired) electrons. The van der Waals surface area contributed by atoms with Crippen LogP contribution in [0.5, 0.6) is 0 Å². The Balaban J connectivity index is 2.09. The molecule has 0 aliphatic carbocycles. The Bertz CT molecular complexity index is 377. The Labute approximate surface area is 111 Å². The SMILES string of the molecule is CN1CCCC(c2ccc(C(C)(C)O)cc2)CC1. The van der Waals surface area contributed by atoms with Crippen LogP contribution in [0.1, 0.15) is 50.2 Å². The summed E-state index contributed by atoms with van der Waals surface area (Å²) in [5, 5.41) is 9.96. The van der Waals surface area contributed by atoms with Crippen LogP contribution in [-0.4, -0.2) is 30.1 Å². The summed E-state index contributed by atoms with van der Waals surface area (Å²) in [6.07, 6.45) is 3.82. The van der Waals surface area contributed by atoms with Crippen LogP contribution < -0.4 is 0 Å². The van der Waals surface area contributed by atoms with E-state index in [-0.39, 0.29) is 0 Å². The molecule has 0 bridgehead atoms. The third kappa shape index (κ3) is 3.33. The lowest BCUT2D eigenvalue weighted by atomic mass is 9.89. The highest BCUT2D eigenvalue weighted by atomic mass is 16.3. The predicted octanol–water partition coefficient (Wildman–Crippen LogP) is 3.11. The van der Waals surface area contributed by atoms with Gasteiger partial charge in [-0.1, -0.05) is 24.3 Å². The molecule has 18 heavy (non-hydrogen) atoms. The maximum Gasteiger partial charge on any atom is 0.0840 e. The Morgan fingerprint density at radius 2 is 1.78 bits per heavy atom. The van der Waals surface area contributed by atoms with E-state index in [0.29, 0.717) is 5.92 Å². The molecule has 2 nitrogen and oxygen atoms in total. The molecule has 2 heteroatoms. The van der Waals surface area contributed by atoms with Gasteiger partial charge in [-0.25, -0.2) is 0 Å². The molecule has 2 rings (SSSR count). The normalized spacial score (nSPS) is 22.8. The second-order valence-electron chi connectivity index (χ2n) is 6.11. The van der Waals surface area contributed by atoms with Gasteiger partial charge >= 0.3 is 0 Å². The van der Waals surface area contributed by atoms with Crippen molar-refractivity contribution in [1.29, 1.82) is 0 Å². The molecule has 1 N–H and O–H groups in total. The van der Waals surface area contributed by atoms with E-state index in [4.69, 9.17) is 0 Å². The topological polar surface area (TPSA) is 23.5 Å². The van der Waals surface area contributed by atoms with E-state index in [2.05, 4.69) is 36.2 Å². The Morgan fingerprint density at radius 3 is 2.39 bits per heavy atom. The van der Waals surface area contributed by atoms with E-state index in [9.17, 15) is 5.11 Å². The highest BCUT2D eigenvalue weighted by Gasteiger charge is 2.19. The Morgan fingerprint density at radius 1 is 1.11 bits per heavy atom. The predicted molar refractivity (Wildman–Crippen MR) is 75.8 cm³/mol. The van der Waals surface area contributed by atoms with Crippen LogP contribution >= 0.6 is 0 Å². The lowest BCUT2D eigenvalue weighted by Gasteiger charge is -2.20. The van der Waals surface area contributed by atoms with Crippen molar-refractivity contribution in [1.82, 2.24) is 4.90 Å². The molecule has 1 unspecified atom stereocenters. The maximum absolute atomic E-state index is 9.96. The van der Waals surface area contributed by atoms with Crippen molar-refractivity contribution < 1.29 is 5.11 Å². The zero-order valence-electron chi connectivity index (χ0n) is 11.8. The molecule has 0 amide bonds. The lowest BCUT2D eigenvalue weighted by Crippen LogP contribution is -2.18. The quantitative estimate of drug-likeness (QED) is 0.868. The van der Waals surface area contributed by atoms with Crippen LogP contribution in [-0.2, 0) is 5.60 Å². The van der Waals surface area contributed by atoms with Crippen molar-refractivity contribution in [3.63, 3.8) is 0 Å². The molecule has 1 fully saturated rings. The minimum atomic E-state index is -0.734. The van der Waals surface area contributed by atoms with Gasteiger partial charge in [-0.05, 0) is 70.3 Å². The first kappa shape index (κ1) is 13.6. The van der Waals surface area contributed by atoms with Gasteiger partial charge in [-0.15, -0.1) is 0 Å². The molecule has 100 valence electrons. The zero-order valence-corrected chi connectivity index (χ0v) is 11.8. The van der Waals surface area contributed by atoms with E-state index in [1.807, 2.05) is 13.8 Å². The van der Waals surface area contributed by atoms with Crippen LogP contribution in [0.25, 0.3) is 0 Å². The minimum absolute atomic E-state index is 0.686. The molecule has 1 aromatic rings. The average molecular weight is 247 g/mol. The van der Waals surface area contributed by atoms with Gasteiger partial charge in [0, 0.05) is 0 Å². The summed E-state index contributed by atoms with van der Waals surface area (Å²) < 4.78 is 0. The maximum atomic E-state index is 9.96. The summed E-state index contributed by atoms with van der Waals surface area (Å²) in [6.45, 7) is 6.08. The van der Waals surface area contributed by atoms with Gasteiger partial charge in [-0.3, -0.25) is 0 Å². The van der Waals surface area contributed by atoms with Crippen LogP contribution in [0.2, 0.25) is 0 Å². The molecule has 1 aliphatic rings. The fourth-order valence-corrected chi connectivity index (χ4v) is 2.74. The van der Waals surface area contributed by atoms with E-state index in [1.54, 1.807) is 0 Å². The van der Waals surface area contributed by atoms with Gasteiger partial charge in [0.05, 0.1) is 5.60 Å². The number of nitrogens with zero attached hydrogens (tertiary/aromatic N) is 1. The van der Waals surface area contributed by atoms with Crippen molar-refractivity contribution >= 4 is 0 Å². The summed E-state index contributed by atoms with van der Waals surface area (Å²) in [5.41, 5.74) is 1.69. The van der Waals surface area contributed by atoms with Gasteiger partial charge in [-0.2, -0.15) is 0 Å². The second-order valence-corrected chi connectivity index (χ2v) is 6.11. The minimum Gasteiger partial charge on any atom is -0.386 e. The van der Waals surface area contributed by atoms with E-state index >= 15 is 0 Å². The third-order valence-corrected chi connectivity index (χ3v) is 4.04. The first-order valence-corrected chi connectivity index (χ1v) is 6.98. The number of rotatable bonds is 2. The molecule has 0 saturated carbocycles. The Kier molecular flexibility index (Phi) is 4.08. The first-order chi connectivity index (χ1) is 8.47. The number of hydrogen-bond acceptors (Lipinski definition) is 2. The van der Waals surface area contributed by atoms with Crippen molar-refractivity contribution in [2.45, 2.75) is 44.6 Å².